The standard InChI is InChI=1S/C18H27NO8/c1-18(2,3)25-8-9-5-6-11(10(7-9)19-4)26-17-14(22)12(20)13(21)15(27-17)16(23)24/h5-7,12-15,17,19-22H,8H2,1-4H3,(H,23,24). The van der Waals surface area contributed by atoms with Crippen molar-refractivity contribution in [2.24, 2.45) is 0 Å². The second-order valence-electron chi connectivity index (χ2n) is 7.33. The number of benzene rings is 1. The molecule has 0 aliphatic carbocycles. The number of carbonyl (C=O) groups is 1. The van der Waals surface area contributed by atoms with E-state index in [-0.39, 0.29) is 11.4 Å². The van der Waals surface area contributed by atoms with Crippen LogP contribution in [0.5, 0.6) is 5.75 Å². The summed E-state index contributed by atoms with van der Waals surface area (Å²) in [5.41, 5.74) is 1.15. The number of hydrogen-bond acceptors (Lipinski definition) is 8. The van der Waals surface area contributed by atoms with Gasteiger partial charge in [-0.25, -0.2) is 4.79 Å². The molecule has 9 nitrogen and oxygen atoms in total. The fourth-order valence-corrected chi connectivity index (χ4v) is 2.54. The van der Waals surface area contributed by atoms with E-state index < -0.39 is 36.7 Å². The first kappa shape index (κ1) is 21.4. The van der Waals surface area contributed by atoms with Gasteiger partial charge in [-0.05, 0) is 38.5 Å². The number of anilines is 1. The van der Waals surface area contributed by atoms with Gasteiger partial charge in [0.05, 0.1) is 17.9 Å². The Bertz CT molecular complexity index is 659. The molecular weight excluding hydrogens is 358 g/mol. The summed E-state index contributed by atoms with van der Waals surface area (Å²) >= 11 is 0. The van der Waals surface area contributed by atoms with Gasteiger partial charge in [-0.1, -0.05) is 6.07 Å². The van der Waals surface area contributed by atoms with Crippen molar-refractivity contribution < 1.29 is 39.4 Å². The molecule has 2 rings (SSSR count). The average molecular weight is 385 g/mol. The predicted octanol–water partition coefficient (Wildman–Crippen LogP) is 0.314. The van der Waals surface area contributed by atoms with E-state index >= 15 is 0 Å². The minimum atomic E-state index is -1.77. The fraction of sp³-hybridized carbons (Fsp3) is 0.611. The summed E-state index contributed by atoms with van der Waals surface area (Å²) in [7, 11) is 1.67. The molecule has 152 valence electrons. The third-order valence-corrected chi connectivity index (χ3v) is 4.04. The van der Waals surface area contributed by atoms with Crippen LogP contribution >= 0.6 is 0 Å². The lowest BCUT2D eigenvalue weighted by Crippen LogP contribution is -2.61. The van der Waals surface area contributed by atoms with E-state index in [1.165, 1.54) is 0 Å². The molecule has 1 aromatic carbocycles. The van der Waals surface area contributed by atoms with Gasteiger partial charge >= 0.3 is 5.97 Å². The topological polar surface area (TPSA) is 138 Å². The molecule has 1 fully saturated rings. The molecule has 1 aliphatic heterocycles. The van der Waals surface area contributed by atoms with Gasteiger partial charge in [-0.3, -0.25) is 0 Å². The predicted molar refractivity (Wildman–Crippen MR) is 95.5 cm³/mol. The maximum atomic E-state index is 11.2. The Labute approximate surface area is 157 Å². The number of carboxylic acids is 1. The molecule has 5 unspecified atom stereocenters. The highest BCUT2D eigenvalue weighted by Crippen LogP contribution is 2.31. The van der Waals surface area contributed by atoms with Crippen LogP contribution in [0.1, 0.15) is 26.3 Å². The molecule has 0 saturated carbocycles. The zero-order valence-corrected chi connectivity index (χ0v) is 15.7. The first-order valence-electron chi connectivity index (χ1n) is 8.57. The van der Waals surface area contributed by atoms with Crippen LogP contribution in [0, 0.1) is 0 Å². The van der Waals surface area contributed by atoms with E-state index in [0.717, 1.165) is 5.56 Å². The number of aliphatic carboxylic acids is 1. The van der Waals surface area contributed by atoms with E-state index in [9.17, 15) is 20.1 Å². The molecule has 1 heterocycles. The fourth-order valence-electron chi connectivity index (χ4n) is 2.54. The van der Waals surface area contributed by atoms with Gasteiger partial charge < -0.3 is 40.0 Å². The summed E-state index contributed by atoms with van der Waals surface area (Å²) in [6.45, 7) is 6.23. The number of rotatable bonds is 6. The van der Waals surface area contributed by atoms with Crippen LogP contribution in [0.25, 0.3) is 0 Å². The van der Waals surface area contributed by atoms with Gasteiger partial charge in [0.1, 0.15) is 24.1 Å². The smallest absolute Gasteiger partial charge is 0.335 e. The van der Waals surface area contributed by atoms with Gasteiger partial charge in [0.25, 0.3) is 0 Å². The van der Waals surface area contributed by atoms with E-state index in [4.69, 9.17) is 19.3 Å². The zero-order valence-electron chi connectivity index (χ0n) is 15.7. The Hall–Kier alpha value is -1.91. The second-order valence-corrected chi connectivity index (χ2v) is 7.33. The lowest BCUT2D eigenvalue weighted by molar-refractivity contribution is -0.271. The van der Waals surface area contributed by atoms with Gasteiger partial charge in [0.15, 0.2) is 6.10 Å². The number of aliphatic hydroxyl groups is 3. The van der Waals surface area contributed by atoms with Crippen LogP contribution in [0.2, 0.25) is 0 Å². The molecule has 0 aromatic heterocycles. The minimum absolute atomic E-state index is 0.286. The van der Waals surface area contributed by atoms with Crippen LogP contribution in [0.4, 0.5) is 5.69 Å². The summed E-state index contributed by atoms with van der Waals surface area (Å²) in [5, 5.41) is 41.7. The molecule has 0 radical (unpaired) electrons. The van der Waals surface area contributed by atoms with Crippen LogP contribution < -0.4 is 10.1 Å². The highest BCUT2D eigenvalue weighted by Gasteiger charge is 2.48. The van der Waals surface area contributed by atoms with Gasteiger partial charge in [-0.15, -0.1) is 0 Å². The molecule has 0 amide bonds. The van der Waals surface area contributed by atoms with Crippen molar-refractivity contribution in [1.82, 2.24) is 0 Å². The monoisotopic (exact) mass is 385 g/mol. The second kappa shape index (κ2) is 8.41. The largest absolute Gasteiger partial charge is 0.479 e. The Morgan fingerprint density at radius 3 is 2.41 bits per heavy atom. The van der Waals surface area contributed by atoms with Crippen molar-refractivity contribution in [1.29, 1.82) is 0 Å². The van der Waals surface area contributed by atoms with Gasteiger partial charge in [0.2, 0.25) is 6.29 Å². The van der Waals surface area contributed by atoms with Crippen molar-refractivity contribution in [3.05, 3.63) is 23.8 Å². The van der Waals surface area contributed by atoms with E-state index in [1.54, 1.807) is 25.2 Å². The Kier molecular flexibility index (Phi) is 6.66. The third-order valence-electron chi connectivity index (χ3n) is 4.04. The lowest BCUT2D eigenvalue weighted by Gasteiger charge is -2.38. The molecule has 0 spiro atoms. The number of aliphatic hydroxyl groups excluding tert-OH is 3. The Morgan fingerprint density at radius 2 is 1.85 bits per heavy atom. The number of ether oxygens (including phenoxy) is 3. The van der Waals surface area contributed by atoms with Crippen LogP contribution in [0.3, 0.4) is 0 Å². The SMILES string of the molecule is CNc1cc(COC(C)(C)C)ccc1OC1OC(C(=O)O)C(O)C(O)C1O. The molecular formula is C18H27NO8. The van der Waals surface area contributed by atoms with Crippen molar-refractivity contribution >= 4 is 11.7 Å². The highest BCUT2D eigenvalue weighted by atomic mass is 16.7. The van der Waals surface area contributed by atoms with E-state index in [1.807, 2.05) is 20.8 Å². The van der Waals surface area contributed by atoms with Crippen molar-refractivity contribution in [3.63, 3.8) is 0 Å². The maximum Gasteiger partial charge on any atom is 0.335 e. The van der Waals surface area contributed by atoms with Crippen LogP contribution in [0.15, 0.2) is 18.2 Å². The molecule has 1 aromatic rings. The van der Waals surface area contributed by atoms with Gasteiger partial charge in [0, 0.05) is 7.05 Å². The first-order valence-corrected chi connectivity index (χ1v) is 8.57. The highest BCUT2D eigenvalue weighted by molar-refractivity contribution is 5.73. The molecule has 1 saturated heterocycles. The van der Waals surface area contributed by atoms with Crippen molar-refractivity contribution in [2.75, 3.05) is 12.4 Å². The van der Waals surface area contributed by atoms with E-state index in [0.29, 0.717) is 12.3 Å². The molecule has 27 heavy (non-hydrogen) atoms. The van der Waals surface area contributed by atoms with Crippen molar-refractivity contribution in [3.8, 4) is 5.75 Å². The molecule has 5 N–H and O–H groups in total. The van der Waals surface area contributed by atoms with Crippen LogP contribution in [-0.4, -0.2) is 69.8 Å². The first-order chi connectivity index (χ1) is 12.5. The Balaban J connectivity index is 2.16. The number of nitrogens with one attached hydrogen (secondary N) is 1. The van der Waals surface area contributed by atoms with Crippen molar-refractivity contribution in [2.45, 2.75) is 63.7 Å². The summed E-state index contributed by atoms with van der Waals surface area (Å²) in [5.74, 6) is -1.18. The summed E-state index contributed by atoms with van der Waals surface area (Å²) in [6, 6.07) is 5.17. The van der Waals surface area contributed by atoms with E-state index in [2.05, 4.69) is 5.32 Å². The summed E-state index contributed by atoms with van der Waals surface area (Å²) in [4.78, 5) is 11.2. The molecule has 1 aliphatic rings. The maximum absolute atomic E-state index is 11.2. The zero-order chi connectivity index (χ0) is 20.4. The number of carboxylic acid groups (broad SMARTS) is 1. The minimum Gasteiger partial charge on any atom is -0.479 e. The molecule has 9 heteroatoms. The average Bonchev–Trinajstić information content (AvgIpc) is 2.60. The number of hydrogen-bond donors (Lipinski definition) is 5. The summed E-state index contributed by atoms with van der Waals surface area (Å²) < 4.78 is 16.4. The quantitative estimate of drug-likeness (QED) is 0.468. The lowest BCUT2D eigenvalue weighted by atomic mass is 9.99. The summed E-state index contributed by atoms with van der Waals surface area (Å²) in [6.07, 6.45) is -8.29. The third kappa shape index (κ3) is 5.30. The molecule has 5 atom stereocenters. The normalized spacial score (nSPS) is 28.6. The Morgan fingerprint density at radius 1 is 1.19 bits per heavy atom. The molecule has 0 bridgehead atoms. The van der Waals surface area contributed by atoms with Crippen LogP contribution in [-0.2, 0) is 20.9 Å². The van der Waals surface area contributed by atoms with Gasteiger partial charge in [-0.2, -0.15) is 0 Å².